The molecule has 0 radical (unpaired) electrons. The third kappa shape index (κ3) is 6.03. The molecular formula is C30H36N4O2S. The summed E-state index contributed by atoms with van der Waals surface area (Å²) in [6.07, 6.45) is 12.1. The van der Waals surface area contributed by atoms with Crippen LogP contribution in [0.2, 0.25) is 0 Å². The molecule has 194 valence electrons. The zero-order valence-electron chi connectivity index (χ0n) is 21.5. The number of primary amides is 1. The van der Waals surface area contributed by atoms with E-state index < -0.39 is 6.03 Å². The highest BCUT2D eigenvalue weighted by Crippen LogP contribution is 2.36. The van der Waals surface area contributed by atoms with E-state index in [4.69, 9.17) is 16.9 Å². The van der Waals surface area contributed by atoms with E-state index in [2.05, 4.69) is 33.9 Å². The maximum atomic E-state index is 12.2. The van der Waals surface area contributed by atoms with E-state index in [0.717, 1.165) is 97.8 Å². The lowest BCUT2D eigenvalue weighted by Gasteiger charge is -2.26. The summed E-state index contributed by atoms with van der Waals surface area (Å²) >= 11 is 1.56. The lowest BCUT2D eigenvalue weighted by atomic mass is 10.1. The molecule has 37 heavy (non-hydrogen) atoms. The van der Waals surface area contributed by atoms with Gasteiger partial charge in [0, 0.05) is 36.4 Å². The zero-order chi connectivity index (χ0) is 25.6. The van der Waals surface area contributed by atoms with Gasteiger partial charge < -0.3 is 20.3 Å². The summed E-state index contributed by atoms with van der Waals surface area (Å²) in [5.41, 5.74) is 9.21. The standard InChI is InChI=1S/C30H36N4O2S/c1-2-23-12-13-25-22-28(37-27(25)21-23)34(30(31)35)17-5-4-14-32-15-8-16-33(19-18-32)26-11-7-10-24-9-3-6-20-36-29(24)26/h1,7,10-13,21-22H,3-6,8-9,14-20H2,(H2,31,35). The van der Waals surface area contributed by atoms with Crippen LogP contribution in [0.1, 0.15) is 43.2 Å². The maximum absolute atomic E-state index is 12.2. The van der Waals surface area contributed by atoms with Crippen molar-refractivity contribution < 1.29 is 9.53 Å². The Hall–Kier alpha value is -3.21. The van der Waals surface area contributed by atoms with Crippen LogP contribution in [-0.4, -0.2) is 56.8 Å². The van der Waals surface area contributed by atoms with Crippen LogP contribution < -0.4 is 20.3 Å². The fraction of sp³-hybridized carbons (Fsp3) is 0.433. The highest BCUT2D eigenvalue weighted by Gasteiger charge is 2.21. The van der Waals surface area contributed by atoms with Crippen molar-refractivity contribution in [1.29, 1.82) is 0 Å². The van der Waals surface area contributed by atoms with Gasteiger partial charge in [0.25, 0.3) is 0 Å². The zero-order valence-corrected chi connectivity index (χ0v) is 22.3. The van der Waals surface area contributed by atoms with Crippen LogP contribution in [0.25, 0.3) is 10.1 Å². The van der Waals surface area contributed by atoms with Gasteiger partial charge in [-0.15, -0.1) is 17.8 Å². The van der Waals surface area contributed by atoms with Crippen molar-refractivity contribution in [3.05, 3.63) is 53.6 Å². The lowest BCUT2D eigenvalue weighted by Crippen LogP contribution is -2.36. The number of para-hydroxylation sites is 1. The molecule has 0 unspecified atom stereocenters. The first-order valence-electron chi connectivity index (χ1n) is 13.4. The topological polar surface area (TPSA) is 62.0 Å². The van der Waals surface area contributed by atoms with Gasteiger partial charge in [-0.3, -0.25) is 4.90 Å². The van der Waals surface area contributed by atoms with Crippen molar-refractivity contribution in [1.82, 2.24) is 4.90 Å². The van der Waals surface area contributed by atoms with Crippen LogP contribution in [0.15, 0.2) is 42.5 Å². The maximum Gasteiger partial charge on any atom is 0.319 e. The third-order valence-corrected chi connectivity index (χ3v) is 8.52. The van der Waals surface area contributed by atoms with E-state index in [1.54, 1.807) is 16.2 Å². The number of terminal acetylenes is 1. The van der Waals surface area contributed by atoms with Crippen LogP contribution in [0, 0.1) is 12.3 Å². The number of rotatable bonds is 7. The number of ether oxygens (including phenoxy) is 1. The molecule has 5 rings (SSSR count). The van der Waals surface area contributed by atoms with Gasteiger partial charge in [-0.1, -0.05) is 24.1 Å². The number of nitrogens with two attached hydrogens (primary N) is 1. The first-order chi connectivity index (χ1) is 18.1. The molecule has 2 aliphatic rings. The number of aryl methyl sites for hydroxylation is 1. The first kappa shape index (κ1) is 25.4. The molecular weight excluding hydrogens is 480 g/mol. The lowest BCUT2D eigenvalue weighted by molar-refractivity contribution is 0.253. The van der Waals surface area contributed by atoms with Crippen LogP contribution in [-0.2, 0) is 6.42 Å². The van der Waals surface area contributed by atoms with E-state index in [0.29, 0.717) is 6.54 Å². The second-order valence-corrected chi connectivity index (χ2v) is 11.0. The Labute approximate surface area is 224 Å². The Kier molecular flexibility index (Phi) is 8.18. The molecule has 0 aliphatic carbocycles. The SMILES string of the molecule is C#Cc1ccc2cc(N(CCCCN3CCCN(c4cccc5c4OCCCC5)CC3)C(N)=O)sc2c1. The Morgan fingerprint density at radius 3 is 2.86 bits per heavy atom. The van der Waals surface area contributed by atoms with Crippen LogP contribution in [0.3, 0.4) is 0 Å². The Balaban J connectivity index is 1.14. The van der Waals surface area contributed by atoms with Crippen molar-refractivity contribution in [2.24, 2.45) is 5.73 Å². The number of anilines is 2. The van der Waals surface area contributed by atoms with Crippen molar-refractivity contribution in [3.63, 3.8) is 0 Å². The molecule has 3 heterocycles. The quantitative estimate of drug-likeness (QED) is 0.334. The number of hydrogen-bond acceptors (Lipinski definition) is 5. The largest absolute Gasteiger partial charge is 0.491 e. The van der Waals surface area contributed by atoms with Gasteiger partial charge in [0.2, 0.25) is 0 Å². The Morgan fingerprint density at radius 1 is 1.08 bits per heavy atom. The minimum absolute atomic E-state index is 0.404. The molecule has 0 saturated carbocycles. The summed E-state index contributed by atoms with van der Waals surface area (Å²) < 4.78 is 7.26. The summed E-state index contributed by atoms with van der Waals surface area (Å²) in [6.45, 7) is 6.67. The second-order valence-electron chi connectivity index (χ2n) is 9.93. The van der Waals surface area contributed by atoms with Crippen LogP contribution in [0.5, 0.6) is 5.75 Å². The molecule has 2 aromatic carbocycles. The molecule has 7 heteroatoms. The summed E-state index contributed by atoms with van der Waals surface area (Å²) in [7, 11) is 0. The molecule has 2 aliphatic heterocycles. The van der Waals surface area contributed by atoms with Gasteiger partial charge in [0.05, 0.1) is 12.3 Å². The number of urea groups is 1. The van der Waals surface area contributed by atoms with Crippen molar-refractivity contribution in [2.75, 3.05) is 55.7 Å². The molecule has 6 nitrogen and oxygen atoms in total. The van der Waals surface area contributed by atoms with Gasteiger partial charge in [-0.2, -0.15) is 0 Å². The number of fused-ring (bicyclic) bond motifs is 2. The normalized spacial score (nSPS) is 16.4. The molecule has 0 bridgehead atoms. The molecule has 0 spiro atoms. The Morgan fingerprint density at radius 2 is 2.00 bits per heavy atom. The van der Waals surface area contributed by atoms with Gasteiger partial charge in [-0.05, 0) is 86.8 Å². The highest BCUT2D eigenvalue weighted by atomic mass is 32.1. The van der Waals surface area contributed by atoms with Gasteiger partial charge in [-0.25, -0.2) is 4.79 Å². The molecule has 1 saturated heterocycles. The number of carbonyl (C=O) groups is 1. The predicted molar refractivity (Wildman–Crippen MR) is 154 cm³/mol. The third-order valence-electron chi connectivity index (χ3n) is 7.40. The number of nitrogens with zero attached hydrogens (tertiary/aromatic N) is 3. The minimum Gasteiger partial charge on any atom is -0.491 e. The molecule has 2 amide bonds. The predicted octanol–water partition coefficient (Wildman–Crippen LogP) is 5.48. The summed E-state index contributed by atoms with van der Waals surface area (Å²) in [6, 6.07) is 14.2. The van der Waals surface area contributed by atoms with E-state index >= 15 is 0 Å². The average Bonchev–Trinajstić information content (AvgIpc) is 3.04. The van der Waals surface area contributed by atoms with Gasteiger partial charge in [0.1, 0.15) is 10.8 Å². The first-order valence-corrected chi connectivity index (χ1v) is 14.2. The number of carbonyl (C=O) groups excluding carboxylic acids is 1. The monoisotopic (exact) mass is 516 g/mol. The van der Waals surface area contributed by atoms with Crippen LogP contribution in [0.4, 0.5) is 15.5 Å². The molecule has 0 atom stereocenters. The summed E-state index contributed by atoms with van der Waals surface area (Å²) in [5.74, 6) is 3.78. The summed E-state index contributed by atoms with van der Waals surface area (Å²) in [5, 5.41) is 1.96. The fourth-order valence-electron chi connectivity index (χ4n) is 5.39. The van der Waals surface area contributed by atoms with Crippen molar-refractivity contribution >= 4 is 38.1 Å². The van der Waals surface area contributed by atoms with E-state index in [-0.39, 0.29) is 0 Å². The number of benzene rings is 2. The number of amides is 2. The molecule has 3 aromatic rings. The van der Waals surface area contributed by atoms with Crippen LogP contribution >= 0.6 is 11.3 Å². The van der Waals surface area contributed by atoms with E-state index in [9.17, 15) is 4.79 Å². The number of thiophene rings is 1. The number of hydrogen-bond donors (Lipinski definition) is 1. The van der Waals surface area contributed by atoms with Gasteiger partial charge in [0.15, 0.2) is 0 Å². The minimum atomic E-state index is -0.404. The second kappa shape index (κ2) is 11.9. The smallest absolute Gasteiger partial charge is 0.319 e. The molecule has 2 N–H and O–H groups in total. The van der Waals surface area contributed by atoms with Crippen molar-refractivity contribution in [2.45, 2.75) is 38.5 Å². The molecule has 1 aromatic heterocycles. The number of unbranched alkanes of at least 4 members (excludes halogenated alkanes) is 1. The van der Waals surface area contributed by atoms with Crippen molar-refractivity contribution in [3.8, 4) is 18.1 Å². The summed E-state index contributed by atoms with van der Waals surface area (Å²) in [4.78, 5) is 19.0. The average molecular weight is 517 g/mol. The fourth-order valence-corrected chi connectivity index (χ4v) is 6.52. The highest BCUT2D eigenvalue weighted by molar-refractivity contribution is 7.23. The van der Waals surface area contributed by atoms with E-state index in [1.165, 1.54) is 17.7 Å². The Bertz CT molecular complexity index is 1280. The van der Waals surface area contributed by atoms with Gasteiger partial charge >= 0.3 is 6.03 Å². The van der Waals surface area contributed by atoms with E-state index in [1.807, 2.05) is 24.3 Å². The molecule has 1 fully saturated rings.